The normalized spacial score (nSPS) is 21.2. The summed E-state index contributed by atoms with van der Waals surface area (Å²) in [7, 11) is -3.63. The fraction of sp³-hybridized carbons (Fsp3) is 0.455. The van der Waals surface area contributed by atoms with Crippen LogP contribution in [-0.4, -0.2) is 21.2 Å². The molecule has 1 aromatic carbocycles. The van der Waals surface area contributed by atoms with Crippen LogP contribution in [0.25, 0.3) is 0 Å². The zero-order valence-electron chi connectivity index (χ0n) is 9.14. The molecule has 4 nitrogen and oxygen atoms in total. The number of nitrogens with one attached hydrogen (secondary N) is 1. The molecule has 1 aliphatic rings. The summed E-state index contributed by atoms with van der Waals surface area (Å²) in [5.41, 5.74) is 0.907. The van der Waals surface area contributed by atoms with E-state index in [1.807, 2.05) is 13.0 Å². The lowest BCUT2D eigenvalue weighted by Gasteiger charge is -2.11. The molecule has 0 saturated carbocycles. The van der Waals surface area contributed by atoms with Crippen LogP contribution < -0.4 is 5.32 Å². The average Bonchev–Trinajstić information content (AvgIpc) is 2.70. The monoisotopic (exact) mass is 241 g/mol. The minimum absolute atomic E-state index is 0.223. The molecule has 16 heavy (non-hydrogen) atoms. The standard InChI is InChI=1S/C11H15NO3S/c1-9-4-2-5-10(8-9)16(13,14)15-11-6-3-7-12-11/h2,4-5,8,11-12H,3,6-7H2,1H3/t11-/m1/s1. The van der Waals surface area contributed by atoms with Gasteiger partial charge in [0.25, 0.3) is 10.1 Å². The van der Waals surface area contributed by atoms with Gasteiger partial charge in [0, 0.05) is 0 Å². The molecule has 5 heteroatoms. The van der Waals surface area contributed by atoms with Crippen molar-refractivity contribution in [2.45, 2.75) is 30.9 Å². The first-order chi connectivity index (χ1) is 7.58. The van der Waals surface area contributed by atoms with Gasteiger partial charge in [-0.3, -0.25) is 5.32 Å². The first-order valence-electron chi connectivity index (χ1n) is 5.31. The van der Waals surface area contributed by atoms with Gasteiger partial charge < -0.3 is 0 Å². The van der Waals surface area contributed by atoms with Crippen LogP contribution in [-0.2, 0) is 14.3 Å². The van der Waals surface area contributed by atoms with E-state index in [0.29, 0.717) is 0 Å². The summed E-state index contributed by atoms with van der Waals surface area (Å²) >= 11 is 0. The van der Waals surface area contributed by atoms with Crippen LogP contribution in [0.15, 0.2) is 29.2 Å². The van der Waals surface area contributed by atoms with Gasteiger partial charge in [-0.25, -0.2) is 4.18 Å². The number of benzene rings is 1. The lowest BCUT2D eigenvalue weighted by atomic mass is 10.2. The van der Waals surface area contributed by atoms with E-state index in [4.69, 9.17) is 4.18 Å². The molecule has 1 aliphatic heterocycles. The van der Waals surface area contributed by atoms with Gasteiger partial charge in [0.05, 0.1) is 4.90 Å². The largest absolute Gasteiger partial charge is 0.298 e. The molecule has 1 aromatic rings. The molecular formula is C11H15NO3S. The molecule has 0 radical (unpaired) electrons. The van der Waals surface area contributed by atoms with Gasteiger partial charge in [0.1, 0.15) is 6.23 Å². The Kier molecular flexibility index (Phi) is 3.28. The maximum absolute atomic E-state index is 11.9. The Morgan fingerprint density at radius 3 is 2.88 bits per heavy atom. The van der Waals surface area contributed by atoms with Crippen molar-refractivity contribution >= 4 is 10.1 Å². The summed E-state index contributed by atoms with van der Waals surface area (Å²) in [6.07, 6.45) is 1.32. The Bertz CT molecular complexity index is 464. The van der Waals surface area contributed by atoms with Gasteiger partial charge in [0.15, 0.2) is 0 Å². The number of aryl methyl sites for hydroxylation is 1. The van der Waals surface area contributed by atoms with Crippen molar-refractivity contribution in [2.75, 3.05) is 6.54 Å². The second kappa shape index (κ2) is 4.53. The maximum atomic E-state index is 11.9. The smallest absolute Gasteiger partial charge is 0.291 e. The fourth-order valence-corrected chi connectivity index (χ4v) is 2.87. The third kappa shape index (κ3) is 2.61. The first kappa shape index (κ1) is 11.6. The topological polar surface area (TPSA) is 55.4 Å². The highest BCUT2D eigenvalue weighted by Gasteiger charge is 2.23. The third-order valence-corrected chi connectivity index (χ3v) is 3.85. The van der Waals surface area contributed by atoms with Crippen molar-refractivity contribution in [2.24, 2.45) is 0 Å². The Morgan fingerprint density at radius 2 is 2.25 bits per heavy atom. The van der Waals surface area contributed by atoms with Gasteiger partial charge in [0.2, 0.25) is 0 Å². The van der Waals surface area contributed by atoms with E-state index >= 15 is 0 Å². The number of rotatable bonds is 3. The zero-order valence-corrected chi connectivity index (χ0v) is 9.96. The van der Waals surface area contributed by atoms with Crippen LogP contribution in [0.2, 0.25) is 0 Å². The Labute approximate surface area is 95.7 Å². The highest BCUT2D eigenvalue weighted by molar-refractivity contribution is 7.86. The highest BCUT2D eigenvalue weighted by atomic mass is 32.2. The molecule has 2 rings (SSSR count). The van der Waals surface area contributed by atoms with E-state index in [0.717, 1.165) is 24.9 Å². The molecular weight excluding hydrogens is 226 g/mol. The Hall–Kier alpha value is -0.910. The van der Waals surface area contributed by atoms with Crippen molar-refractivity contribution in [3.8, 4) is 0 Å². The maximum Gasteiger partial charge on any atom is 0.298 e. The molecule has 88 valence electrons. The molecule has 1 saturated heterocycles. The summed E-state index contributed by atoms with van der Waals surface area (Å²) in [4.78, 5) is 0.223. The van der Waals surface area contributed by atoms with Crippen molar-refractivity contribution in [1.29, 1.82) is 0 Å². The second-order valence-electron chi connectivity index (χ2n) is 3.95. The van der Waals surface area contributed by atoms with E-state index in [-0.39, 0.29) is 11.1 Å². The average molecular weight is 241 g/mol. The third-order valence-electron chi connectivity index (χ3n) is 2.54. The fourth-order valence-electron chi connectivity index (χ4n) is 1.71. The lowest BCUT2D eigenvalue weighted by molar-refractivity contribution is 0.195. The van der Waals surface area contributed by atoms with E-state index in [9.17, 15) is 8.42 Å². The van der Waals surface area contributed by atoms with Gasteiger partial charge in [-0.15, -0.1) is 0 Å². The van der Waals surface area contributed by atoms with E-state index in [2.05, 4.69) is 5.32 Å². The van der Waals surface area contributed by atoms with E-state index < -0.39 is 10.1 Å². The highest BCUT2D eigenvalue weighted by Crippen LogP contribution is 2.18. The molecule has 1 atom stereocenters. The summed E-state index contributed by atoms with van der Waals surface area (Å²) in [5.74, 6) is 0. The van der Waals surface area contributed by atoms with Crippen LogP contribution in [0, 0.1) is 6.92 Å². The molecule has 0 amide bonds. The van der Waals surface area contributed by atoms with Crippen LogP contribution in [0.3, 0.4) is 0 Å². The van der Waals surface area contributed by atoms with Crippen molar-refractivity contribution in [3.63, 3.8) is 0 Å². The molecule has 0 aliphatic carbocycles. The summed E-state index contributed by atoms with van der Waals surface area (Å²) in [6.45, 7) is 2.67. The van der Waals surface area contributed by atoms with Crippen LogP contribution in [0.5, 0.6) is 0 Å². The number of hydrogen-bond acceptors (Lipinski definition) is 4. The van der Waals surface area contributed by atoms with Crippen LogP contribution >= 0.6 is 0 Å². The molecule has 0 bridgehead atoms. The summed E-state index contributed by atoms with van der Waals surface area (Å²) < 4.78 is 28.9. The SMILES string of the molecule is Cc1cccc(S(=O)(=O)O[C@@H]2CCCN2)c1. The molecule has 0 spiro atoms. The predicted octanol–water partition coefficient (Wildman–Crippen LogP) is 1.41. The molecule has 1 N–H and O–H groups in total. The minimum Gasteiger partial charge on any atom is -0.291 e. The predicted molar refractivity (Wildman–Crippen MR) is 60.5 cm³/mol. The van der Waals surface area contributed by atoms with E-state index in [1.54, 1.807) is 18.2 Å². The van der Waals surface area contributed by atoms with Crippen molar-refractivity contribution in [3.05, 3.63) is 29.8 Å². The summed E-state index contributed by atoms with van der Waals surface area (Å²) in [5, 5.41) is 3.00. The zero-order chi connectivity index (χ0) is 11.6. The van der Waals surface area contributed by atoms with Crippen LogP contribution in [0.1, 0.15) is 18.4 Å². The Morgan fingerprint density at radius 1 is 1.44 bits per heavy atom. The lowest BCUT2D eigenvalue weighted by Crippen LogP contribution is -2.27. The number of hydrogen-bond donors (Lipinski definition) is 1. The van der Waals surface area contributed by atoms with Crippen molar-refractivity contribution in [1.82, 2.24) is 5.32 Å². The second-order valence-corrected chi connectivity index (χ2v) is 5.52. The van der Waals surface area contributed by atoms with Crippen LogP contribution in [0.4, 0.5) is 0 Å². The quantitative estimate of drug-likeness (QED) is 0.813. The van der Waals surface area contributed by atoms with Gasteiger partial charge in [-0.05, 0) is 44.0 Å². The van der Waals surface area contributed by atoms with Gasteiger partial charge >= 0.3 is 0 Å². The molecule has 1 heterocycles. The molecule has 0 aromatic heterocycles. The van der Waals surface area contributed by atoms with E-state index in [1.165, 1.54) is 0 Å². The minimum atomic E-state index is -3.63. The van der Waals surface area contributed by atoms with Crippen molar-refractivity contribution < 1.29 is 12.6 Å². The molecule has 0 unspecified atom stereocenters. The molecule has 1 fully saturated rings. The van der Waals surface area contributed by atoms with Gasteiger partial charge in [-0.1, -0.05) is 12.1 Å². The van der Waals surface area contributed by atoms with Gasteiger partial charge in [-0.2, -0.15) is 8.42 Å². The Balaban J connectivity index is 2.18. The summed E-state index contributed by atoms with van der Waals surface area (Å²) in [6, 6.07) is 6.74. The first-order valence-corrected chi connectivity index (χ1v) is 6.72.